The van der Waals surface area contributed by atoms with Crippen molar-refractivity contribution in [2.45, 2.75) is 36.9 Å². The van der Waals surface area contributed by atoms with Crippen LogP contribution in [0.3, 0.4) is 0 Å². The molecule has 2 amide bonds. The molecule has 0 spiro atoms. The smallest absolute Gasteiger partial charge is 0.327 e. The van der Waals surface area contributed by atoms with Gasteiger partial charge >= 0.3 is 11.9 Å². The summed E-state index contributed by atoms with van der Waals surface area (Å²) in [6.07, 6.45) is 0.314. The van der Waals surface area contributed by atoms with Gasteiger partial charge in [-0.25, -0.2) is 9.59 Å². The van der Waals surface area contributed by atoms with Crippen molar-refractivity contribution in [3.63, 3.8) is 0 Å². The van der Waals surface area contributed by atoms with E-state index in [1.807, 2.05) is 0 Å². The van der Waals surface area contributed by atoms with Crippen molar-refractivity contribution in [3.8, 4) is 0 Å². The van der Waals surface area contributed by atoms with E-state index in [9.17, 15) is 19.2 Å². The summed E-state index contributed by atoms with van der Waals surface area (Å²) in [5.74, 6) is -3.13. The Morgan fingerprint density at radius 3 is 1.50 bits per heavy atom. The molecule has 11 heteroatoms. The molecule has 0 aromatic heterocycles. The van der Waals surface area contributed by atoms with Gasteiger partial charge in [0.2, 0.25) is 11.8 Å². The lowest BCUT2D eigenvalue weighted by Crippen LogP contribution is -2.42. The standard InChI is InChI=1S/C13H22N2O7S2/c1-7(17)14-9(12(19)20)5-23-11(3-4-16)24-6-10(13(21)22)15-8(2)18/h9-11,16H,3-6H2,1-2H3,(H,14,17)(H,15,18)(H,19,20)(H,21,22). The van der Waals surface area contributed by atoms with Crippen LogP contribution in [0.4, 0.5) is 0 Å². The van der Waals surface area contributed by atoms with Gasteiger partial charge in [-0.2, -0.15) is 0 Å². The minimum Gasteiger partial charge on any atom is -0.480 e. The highest BCUT2D eigenvalue weighted by Crippen LogP contribution is 2.28. The first-order valence-electron chi connectivity index (χ1n) is 7.01. The number of carboxylic acids is 2. The Balaban J connectivity index is 4.61. The van der Waals surface area contributed by atoms with Crippen molar-refractivity contribution in [1.29, 1.82) is 0 Å². The molecule has 138 valence electrons. The number of hydrogen-bond donors (Lipinski definition) is 5. The van der Waals surface area contributed by atoms with Gasteiger partial charge in [-0.15, -0.1) is 23.5 Å². The van der Waals surface area contributed by atoms with Crippen molar-refractivity contribution in [1.82, 2.24) is 10.6 Å². The first kappa shape index (κ1) is 22.5. The Morgan fingerprint density at radius 2 is 1.25 bits per heavy atom. The van der Waals surface area contributed by atoms with Gasteiger partial charge in [0.1, 0.15) is 12.1 Å². The molecular weight excluding hydrogens is 360 g/mol. The number of rotatable bonds is 12. The highest BCUT2D eigenvalue weighted by molar-refractivity contribution is 8.17. The van der Waals surface area contributed by atoms with Crippen molar-refractivity contribution >= 4 is 47.3 Å². The molecule has 2 atom stereocenters. The summed E-state index contributed by atoms with van der Waals surface area (Å²) in [5.41, 5.74) is 0. The monoisotopic (exact) mass is 382 g/mol. The molecule has 0 aliphatic rings. The zero-order chi connectivity index (χ0) is 18.7. The van der Waals surface area contributed by atoms with E-state index in [0.29, 0.717) is 6.42 Å². The van der Waals surface area contributed by atoms with Crippen LogP contribution in [0, 0.1) is 0 Å². The number of carbonyl (C=O) groups excluding carboxylic acids is 2. The zero-order valence-corrected chi connectivity index (χ0v) is 15.0. The lowest BCUT2D eigenvalue weighted by atomic mass is 10.3. The van der Waals surface area contributed by atoms with Gasteiger partial charge in [-0.1, -0.05) is 0 Å². The molecule has 0 aliphatic heterocycles. The summed E-state index contributed by atoms with van der Waals surface area (Å²) in [6, 6.07) is -2.14. The van der Waals surface area contributed by atoms with Crippen LogP contribution in [-0.4, -0.2) is 73.9 Å². The maximum absolute atomic E-state index is 11.1. The summed E-state index contributed by atoms with van der Waals surface area (Å²) in [5, 5.41) is 31.8. The Kier molecular flexibility index (Phi) is 11.3. The maximum atomic E-state index is 11.1. The van der Waals surface area contributed by atoms with E-state index >= 15 is 0 Å². The van der Waals surface area contributed by atoms with Crippen LogP contribution in [0.15, 0.2) is 0 Å². The van der Waals surface area contributed by atoms with E-state index in [-0.39, 0.29) is 22.7 Å². The zero-order valence-electron chi connectivity index (χ0n) is 13.4. The molecule has 0 aromatic carbocycles. The van der Waals surface area contributed by atoms with Gasteiger partial charge in [0, 0.05) is 32.0 Å². The van der Waals surface area contributed by atoms with Crippen LogP contribution in [-0.2, 0) is 19.2 Å². The molecule has 0 aromatic rings. The summed E-state index contributed by atoms with van der Waals surface area (Å²) < 4.78 is -0.277. The second-order valence-corrected chi connectivity index (χ2v) is 7.56. The molecule has 5 N–H and O–H groups in total. The molecule has 0 rings (SSSR count). The fraction of sp³-hybridized carbons (Fsp3) is 0.692. The minimum absolute atomic E-state index is 0.0739. The second kappa shape index (κ2) is 12.0. The van der Waals surface area contributed by atoms with Crippen molar-refractivity contribution < 1.29 is 34.5 Å². The summed E-state index contributed by atoms with van der Waals surface area (Å²) in [6.45, 7) is 2.28. The number of hydrogen-bond acceptors (Lipinski definition) is 7. The predicted molar refractivity (Wildman–Crippen MR) is 90.9 cm³/mol. The van der Waals surface area contributed by atoms with Crippen LogP contribution in [0.25, 0.3) is 0 Å². The van der Waals surface area contributed by atoms with Crippen LogP contribution in [0.2, 0.25) is 0 Å². The molecule has 0 fully saturated rings. The van der Waals surface area contributed by atoms with Gasteiger partial charge in [-0.05, 0) is 6.42 Å². The van der Waals surface area contributed by atoms with E-state index in [0.717, 1.165) is 0 Å². The third-order valence-electron chi connectivity index (χ3n) is 2.61. The van der Waals surface area contributed by atoms with Crippen LogP contribution < -0.4 is 10.6 Å². The Bertz CT molecular complexity index is 424. The lowest BCUT2D eigenvalue weighted by Gasteiger charge is -2.20. The van der Waals surface area contributed by atoms with E-state index < -0.39 is 35.8 Å². The SMILES string of the molecule is CC(=O)NC(CSC(CCO)SCC(NC(C)=O)C(=O)O)C(=O)O. The fourth-order valence-electron chi connectivity index (χ4n) is 1.57. The van der Waals surface area contributed by atoms with Crippen molar-refractivity contribution in [2.24, 2.45) is 0 Å². The molecule has 0 saturated carbocycles. The number of carboxylic acid groups (broad SMARTS) is 2. The number of carbonyl (C=O) groups is 4. The summed E-state index contributed by atoms with van der Waals surface area (Å²) in [4.78, 5) is 44.1. The predicted octanol–water partition coefficient (Wildman–Crippen LogP) is -0.660. The minimum atomic E-state index is -1.17. The number of aliphatic hydroxyl groups excluding tert-OH is 1. The van der Waals surface area contributed by atoms with Crippen LogP contribution in [0.5, 0.6) is 0 Å². The third kappa shape index (κ3) is 10.3. The first-order valence-corrected chi connectivity index (χ1v) is 9.11. The van der Waals surface area contributed by atoms with E-state index in [1.54, 1.807) is 0 Å². The molecule has 0 radical (unpaired) electrons. The van der Waals surface area contributed by atoms with Gasteiger partial charge in [-0.3, -0.25) is 9.59 Å². The molecule has 0 aliphatic carbocycles. The number of aliphatic hydroxyl groups is 1. The lowest BCUT2D eigenvalue weighted by molar-refractivity contribution is -0.141. The normalized spacial score (nSPS) is 14.3. The third-order valence-corrected chi connectivity index (χ3v) is 5.70. The van der Waals surface area contributed by atoms with E-state index in [1.165, 1.54) is 37.4 Å². The highest BCUT2D eigenvalue weighted by atomic mass is 32.2. The molecule has 9 nitrogen and oxygen atoms in total. The molecule has 24 heavy (non-hydrogen) atoms. The molecule has 0 heterocycles. The number of nitrogens with one attached hydrogen (secondary N) is 2. The Labute approximate surface area is 147 Å². The van der Waals surface area contributed by atoms with Crippen molar-refractivity contribution in [3.05, 3.63) is 0 Å². The average molecular weight is 382 g/mol. The Morgan fingerprint density at radius 1 is 0.875 bits per heavy atom. The first-order chi connectivity index (χ1) is 11.2. The fourth-order valence-corrected chi connectivity index (χ4v) is 4.23. The molecule has 0 bridgehead atoms. The summed E-state index contributed by atoms with van der Waals surface area (Å²) in [7, 11) is 0. The van der Waals surface area contributed by atoms with Gasteiger partial charge in [0.25, 0.3) is 0 Å². The highest BCUT2D eigenvalue weighted by Gasteiger charge is 2.24. The molecular formula is C13H22N2O7S2. The van der Waals surface area contributed by atoms with E-state index in [4.69, 9.17) is 15.3 Å². The van der Waals surface area contributed by atoms with Crippen molar-refractivity contribution in [2.75, 3.05) is 18.1 Å². The quantitative estimate of drug-likeness (QED) is 0.277. The van der Waals surface area contributed by atoms with Gasteiger partial charge in [0.05, 0.1) is 4.58 Å². The topological polar surface area (TPSA) is 153 Å². The van der Waals surface area contributed by atoms with Gasteiger partial charge in [0.15, 0.2) is 0 Å². The summed E-state index contributed by atoms with van der Waals surface area (Å²) >= 11 is 2.40. The van der Waals surface area contributed by atoms with Crippen LogP contribution >= 0.6 is 23.5 Å². The number of aliphatic carboxylic acids is 2. The molecule has 2 unspecified atom stereocenters. The molecule has 0 saturated heterocycles. The second-order valence-electron chi connectivity index (χ2n) is 4.79. The average Bonchev–Trinajstić information content (AvgIpc) is 2.45. The van der Waals surface area contributed by atoms with Crippen LogP contribution in [0.1, 0.15) is 20.3 Å². The van der Waals surface area contributed by atoms with E-state index in [2.05, 4.69) is 10.6 Å². The Hall–Kier alpha value is -1.46. The van der Waals surface area contributed by atoms with Gasteiger partial charge < -0.3 is 26.0 Å². The number of thioether (sulfide) groups is 2. The largest absolute Gasteiger partial charge is 0.480 e. The number of amides is 2. The maximum Gasteiger partial charge on any atom is 0.327 e.